The number of piperidine rings is 1. The third-order valence-electron chi connectivity index (χ3n) is 9.15. The predicted molar refractivity (Wildman–Crippen MR) is 116 cm³/mol. The Kier molecular flexibility index (Phi) is 4.67. The maximum absolute atomic E-state index is 13.8. The van der Waals surface area contributed by atoms with Crippen LogP contribution in [-0.2, 0) is 4.79 Å². The van der Waals surface area contributed by atoms with Gasteiger partial charge < -0.3 is 19.4 Å². The van der Waals surface area contributed by atoms with Crippen molar-refractivity contribution < 1.29 is 18.7 Å². The third-order valence-corrected chi connectivity index (χ3v) is 9.15. The number of carbonyl (C=O) groups excluding carboxylic acids is 2. The average Bonchev–Trinajstić information content (AvgIpc) is 2.99. The smallest absolute Gasteiger partial charge is 0.287 e. The fourth-order valence-corrected chi connectivity index (χ4v) is 8.22. The van der Waals surface area contributed by atoms with Crippen LogP contribution in [0.4, 0.5) is 0 Å². The molecule has 2 heterocycles. The van der Waals surface area contributed by atoms with Crippen LogP contribution in [-0.4, -0.2) is 43.0 Å². The van der Waals surface area contributed by atoms with Gasteiger partial charge in [0.1, 0.15) is 6.26 Å². The Bertz CT molecular complexity index is 951. The third kappa shape index (κ3) is 3.19. The molecule has 32 heavy (non-hydrogen) atoms. The van der Waals surface area contributed by atoms with Crippen LogP contribution >= 0.6 is 0 Å². The van der Waals surface area contributed by atoms with E-state index in [0.717, 1.165) is 62.9 Å². The molecule has 1 aromatic rings. The normalized spacial score (nSPS) is 39.2. The van der Waals surface area contributed by atoms with Gasteiger partial charge in [-0.05, 0) is 81.0 Å². The summed E-state index contributed by atoms with van der Waals surface area (Å²) in [4.78, 5) is 40.7. The zero-order valence-electron chi connectivity index (χ0n) is 18.7. The lowest BCUT2D eigenvalue weighted by molar-refractivity contribution is -0.160. The van der Waals surface area contributed by atoms with Crippen molar-refractivity contribution in [2.24, 2.45) is 35.0 Å². The molecule has 5 aliphatic carbocycles. The SMILES string of the molecule is COc1coc(C(=O)NC2[C@@H]3CC[C@H]2CN(C(=O)C24CC5CC(CC(C5)C2)C4)C3)cc1=O. The maximum Gasteiger partial charge on any atom is 0.287 e. The first kappa shape index (κ1) is 20.3. The first-order chi connectivity index (χ1) is 15.4. The summed E-state index contributed by atoms with van der Waals surface area (Å²) >= 11 is 0. The van der Waals surface area contributed by atoms with Gasteiger partial charge in [0.15, 0.2) is 5.76 Å². The van der Waals surface area contributed by atoms with E-state index in [-0.39, 0.29) is 46.1 Å². The summed E-state index contributed by atoms with van der Waals surface area (Å²) in [6.45, 7) is 1.46. The summed E-state index contributed by atoms with van der Waals surface area (Å²) in [6.07, 6.45) is 10.5. The quantitative estimate of drug-likeness (QED) is 0.778. The van der Waals surface area contributed by atoms with Gasteiger partial charge in [-0.3, -0.25) is 14.4 Å². The molecule has 5 saturated carbocycles. The molecule has 1 aromatic heterocycles. The molecule has 0 radical (unpaired) electrons. The molecule has 1 N–H and O–H groups in total. The monoisotopic (exact) mass is 440 g/mol. The van der Waals surface area contributed by atoms with Crippen molar-refractivity contribution >= 4 is 11.8 Å². The van der Waals surface area contributed by atoms with E-state index in [4.69, 9.17) is 9.15 Å². The van der Waals surface area contributed by atoms with Crippen molar-refractivity contribution in [2.45, 2.75) is 57.4 Å². The van der Waals surface area contributed by atoms with Gasteiger partial charge in [0, 0.05) is 25.2 Å². The van der Waals surface area contributed by atoms with Crippen molar-refractivity contribution in [3.63, 3.8) is 0 Å². The Labute approximate surface area is 187 Å². The summed E-state index contributed by atoms with van der Waals surface area (Å²) in [7, 11) is 1.39. The molecule has 2 amide bonds. The van der Waals surface area contributed by atoms with Gasteiger partial charge in [0.05, 0.1) is 12.5 Å². The number of hydrogen-bond donors (Lipinski definition) is 1. The van der Waals surface area contributed by atoms with E-state index in [0.29, 0.717) is 5.91 Å². The van der Waals surface area contributed by atoms with E-state index in [1.807, 2.05) is 0 Å². The van der Waals surface area contributed by atoms with Gasteiger partial charge in [0.2, 0.25) is 17.1 Å². The molecule has 172 valence electrons. The predicted octanol–water partition coefficient (Wildman–Crippen LogP) is 2.83. The Balaban J connectivity index is 1.14. The Morgan fingerprint density at radius 1 is 1.06 bits per heavy atom. The number of likely N-dealkylation sites (tertiary alicyclic amines) is 1. The second-order valence-electron chi connectivity index (χ2n) is 11.2. The lowest BCUT2D eigenvalue weighted by Crippen LogP contribution is -2.59. The van der Waals surface area contributed by atoms with Crippen molar-refractivity contribution in [1.29, 1.82) is 0 Å². The number of ether oxygens (including phenoxy) is 1. The van der Waals surface area contributed by atoms with E-state index in [2.05, 4.69) is 10.2 Å². The van der Waals surface area contributed by atoms with Crippen LogP contribution < -0.4 is 15.5 Å². The molecule has 7 rings (SSSR count). The molecule has 1 saturated heterocycles. The first-order valence-electron chi connectivity index (χ1n) is 12.2. The van der Waals surface area contributed by atoms with Crippen molar-refractivity contribution in [1.82, 2.24) is 10.2 Å². The van der Waals surface area contributed by atoms with Crippen LogP contribution in [0.15, 0.2) is 21.5 Å². The van der Waals surface area contributed by atoms with E-state index >= 15 is 0 Å². The van der Waals surface area contributed by atoms with Crippen LogP contribution in [0.3, 0.4) is 0 Å². The lowest BCUT2D eigenvalue weighted by atomic mass is 9.49. The number of amides is 2. The average molecular weight is 441 g/mol. The molecule has 1 aliphatic heterocycles. The minimum absolute atomic E-state index is 0.00210. The molecule has 1 unspecified atom stereocenters. The second-order valence-corrected chi connectivity index (χ2v) is 11.2. The van der Waals surface area contributed by atoms with Crippen molar-refractivity contribution in [3.8, 4) is 5.75 Å². The zero-order valence-corrected chi connectivity index (χ0v) is 18.7. The highest BCUT2D eigenvalue weighted by Gasteiger charge is 2.57. The highest BCUT2D eigenvalue weighted by molar-refractivity contribution is 5.91. The zero-order chi connectivity index (χ0) is 22.0. The van der Waals surface area contributed by atoms with Gasteiger partial charge in [-0.15, -0.1) is 0 Å². The van der Waals surface area contributed by atoms with Gasteiger partial charge in [-0.25, -0.2) is 0 Å². The largest absolute Gasteiger partial charge is 0.490 e. The van der Waals surface area contributed by atoms with E-state index in [1.165, 1.54) is 38.7 Å². The molecule has 7 nitrogen and oxygen atoms in total. The summed E-state index contributed by atoms with van der Waals surface area (Å²) in [5.41, 5.74) is -0.473. The fraction of sp³-hybridized carbons (Fsp3) is 0.720. The number of fused-ring (bicyclic) bond motifs is 2. The Hall–Kier alpha value is -2.31. The van der Waals surface area contributed by atoms with E-state index in [1.54, 1.807) is 0 Å². The topological polar surface area (TPSA) is 88.8 Å². The minimum atomic E-state index is -0.372. The highest BCUT2D eigenvalue weighted by Crippen LogP contribution is 2.60. The minimum Gasteiger partial charge on any atom is -0.490 e. The van der Waals surface area contributed by atoms with Crippen molar-refractivity contribution in [3.05, 3.63) is 28.3 Å². The molecule has 7 heteroatoms. The second kappa shape index (κ2) is 7.35. The number of nitrogens with one attached hydrogen (secondary N) is 1. The van der Waals surface area contributed by atoms with Gasteiger partial charge >= 0.3 is 0 Å². The number of carbonyl (C=O) groups is 2. The Morgan fingerprint density at radius 3 is 2.19 bits per heavy atom. The molecule has 6 fully saturated rings. The summed E-state index contributed by atoms with van der Waals surface area (Å²) < 4.78 is 10.2. The fourth-order valence-electron chi connectivity index (χ4n) is 8.22. The standard InChI is InChI=1S/C25H32N2O5/c1-31-21-13-32-20(7-19(21)28)23(29)26-22-17-2-3-18(22)12-27(11-17)24(30)25-8-14-4-15(9-25)6-16(5-14)10-25/h7,13-18,22H,2-6,8-12H2,1H3,(H,26,29)/t14?,15?,16?,17-,18+,22?,25?. The first-order valence-corrected chi connectivity index (χ1v) is 12.2. The number of nitrogens with zero attached hydrogens (tertiary/aromatic N) is 1. The van der Waals surface area contributed by atoms with Gasteiger partial charge in [-0.2, -0.15) is 0 Å². The van der Waals surface area contributed by atoms with Crippen molar-refractivity contribution in [2.75, 3.05) is 20.2 Å². The molecule has 6 bridgehead atoms. The van der Waals surface area contributed by atoms with Crippen LogP contribution in [0, 0.1) is 35.0 Å². The molecule has 0 aromatic carbocycles. The number of methoxy groups -OCH3 is 1. The van der Waals surface area contributed by atoms with E-state index < -0.39 is 0 Å². The van der Waals surface area contributed by atoms with Gasteiger partial charge in [0.25, 0.3) is 5.91 Å². The van der Waals surface area contributed by atoms with E-state index in [9.17, 15) is 14.4 Å². The molecule has 6 aliphatic rings. The summed E-state index contributed by atoms with van der Waals surface area (Å²) in [6, 6.07) is 1.21. The van der Waals surface area contributed by atoms with Crippen LogP contribution in [0.25, 0.3) is 0 Å². The molecule has 0 spiro atoms. The maximum atomic E-state index is 13.8. The highest BCUT2D eigenvalue weighted by atomic mass is 16.5. The number of hydrogen-bond acceptors (Lipinski definition) is 5. The molecular weight excluding hydrogens is 408 g/mol. The Morgan fingerprint density at radius 2 is 1.66 bits per heavy atom. The summed E-state index contributed by atoms with van der Waals surface area (Å²) in [5.74, 6) is 2.93. The number of rotatable bonds is 4. The summed E-state index contributed by atoms with van der Waals surface area (Å²) in [5, 5.41) is 3.11. The molecule has 3 atom stereocenters. The molecular formula is C25H32N2O5. The van der Waals surface area contributed by atoms with Crippen LogP contribution in [0.2, 0.25) is 0 Å². The van der Waals surface area contributed by atoms with Crippen LogP contribution in [0.1, 0.15) is 61.9 Å². The van der Waals surface area contributed by atoms with Gasteiger partial charge in [-0.1, -0.05) is 0 Å². The lowest BCUT2D eigenvalue weighted by Gasteiger charge is -2.57. The van der Waals surface area contributed by atoms with Crippen LogP contribution in [0.5, 0.6) is 5.75 Å².